The van der Waals surface area contributed by atoms with Gasteiger partial charge in [0.15, 0.2) is 0 Å². The zero-order chi connectivity index (χ0) is 13.5. The summed E-state index contributed by atoms with van der Waals surface area (Å²) in [5, 5.41) is 17.7. The molecule has 3 N–H and O–H groups in total. The van der Waals surface area contributed by atoms with E-state index in [1.165, 1.54) is 0 Å². The molecule has 1 aliphatic rings. The number of urea groups is 1. The molecule has 5 heteroatoms. The van der Waals surface area contributed by atoms with E-state index in [0.29, 0.717) is 23.7 Å². The van der Waals surface area contributed by atoms with E-state index in [4.69, 9.17) is 5.26 Å². The van der Waals surface area contributed by atoms with E-state index >= 15 is 0 Å². The van der Waals surface area contributed by atoms with Crippen LogP contribution in [0.1, 0.15) is 18.4 Å². The average Bonchev–Trinajstić information content (AvgIpc) is 2.46. The quantitative estimate of drug-likeness (QED) is 0.772. The molecule has 0 bridgehead atoms. The number of nitrogens with one attached hydrogen (secondary N) is 3. The molecule has 0 spiro atoms. The standard InChI is InChI=1S/C14H18N4O/c15-8-11-3-1-5-13(7-11)18-14(19)17-10-12-4-2-6-16-9-12/h1,3,5,7,12,16H,2,4,6,9-10H2,(H2,17,18,19). The minimum Gasteiger partial charge on any atom is -0.338 e. The first-order valence-corrected chi connectivity index (χ1v) is 6.53. The lowest BCUT2D eigenvalue weighted by atomic mass is 10.00. The van der Waals surface area contributed by atoms with Gasteiger partial charge in [0, 0.05) is 12.2 Å². The summed E-state index contributed by atoms with van der Waals surface area (Å²) in [5.41, 5.74) is 1.17. The van der Waals surface area contributed by atoms with Crippen LogP contribution in [0.4, 0.5) is 10.5 Å². The number of hydrogen-bond acceptors (Lipinski definition) is 3. The Labute approximate surface area is 113 Å². The molecule has 0 radical (unpaired) electrons. The van der Waals surface area contributed by atoms with Crippen molar-refractivity contribution >= 4 is 11.7 Å². The Morgan fingerprint density at radius 1 is 1.53 bits per heavy atom. The summed E-state index contributed by atoms with van der Waals surface area (Å²) in [5.74, 6) is 0.505. The van der Waals surface area contributed by atoms with E-state index in [1.54, 1.807) is 24.3 Å². The Bertz CT molecular complexity index is 475. The van der Waals surface area contributed by atoms with Crippen LogP contribution in [0, 0.1) is 17.2 Å². The van der Waals surface area contributed by atoms with Crippen LogP contribution in [0.25, 0.3) is 0 Å². The number of rotatable bonds is 3. The highest BCUT2D eigenvalue weighted by Gasteiger charge is 2.13. The molecule has 1 unspecified atom stereocenters. The molecule has 0 aliphatic carbocycles. The Morgan fingerprint density at radius 2 is 2.42 bits per heavy atom. The molecule has 2 rings (SSSR count). The van der Waals surface area contributed by atoms with Gasteiger partial charge in [0.2, 0.25) is 0 Å². The molecule has 1 saturated heterocycles. The molecule has 0 saturated carbocycles. The van der Waals surface area contributed by atoms with Gasteiger partial charge in [-0.3, -0.25) is 0 Å². The number of nitrogens with zero attached hydrogens (tertiary/aromatic N) is 1. The number of amides is 2. The molecule has 19 heavy (non-hydrogen) atoms. The number of hydrogen-bond donors (Lipinski definition) is 3. The number of carbonyl (C=O) groups is 1. The summed E-state index contributed by atoms with van der Waals surface area (Å²) in [4.78, 5) is 11.7. The van der Waals surface area contributed by atoms with Crippen LogP contribution < -0.4 is 16.0 Å². The highest BCUT2D eigenvalue weighted by atomic mass is 16.2. The fraction of sp³-hybridized carbons (Fsp3) is 0.429. The molecular formula is C14H18N4O. The first-order valence-electron chi connectivity index (χ1n) is 6.53. The first-order chi connectivity index (χ1) is 9.28. The first kappa shape index (κ1) is 13.4. The monoisotopic (exact) mass is 258 g/mol. The third kappa shape index (κ3) is 4.27. The lowest BCUT2D eigenvalue weighted by Gasteiger charge is -2.22. The van der Waals surface area contributed by atoms with Crippen molar-refractivity contribution in [1.82, 2.24) is 10.6 Å². The van der Waals surface area contributed by atoms with Gasteiger partial charge in [0.05, 0.1) is 11.6 Å². The summed E-state index contributed by atoms with van der Waals surface area (Å²) in [6.07, 6.45) is 2.31. The molecule has 1 aromatic carbocycles. The number of anilines is 1. The van der Waals surface area contributed by atoms with Crippen LogP contribution in [0.15, 0.2) is 24.3 Å². The molecular weight excluding hydrogens is 240 g/mol. The molecule has 0 aromatic heterocycles. The van der Waals surface area contributed by atoms with Gasteiger partial charge in [0.25, 0.3) is 0 Å². The van der Waals surface area contributed by atoms with Crippen molar-refractivity contribution in [1.29, 1.82) is 5.26 Å². The third-order valence-electron chi connectivity index (χ3n) is 3.20. The van der Waals surface area contributed by atoms with Gasteiger partial charge in [-0.15, -0.1) is 0 Å². The van der Waals surface area contributed by atoms with Crippen LogP contribution >= 0.6 is 0 Å². The number of benzene rings is 1. The summed E-state index contributed by atoms with van der Waals surface area (Å²) < 4.78 is 0. The Balaban J connectivity index is 1.78. The van der Waals surface area contributed by atoms with Gasteiger partial charge in [-0.05, 0) is 50.0 Å². The van der Waals surface area contributed by atoms with Gasteiger partial charge >= 0.3 is 6.03 Å². The van der Waals surface area contributed by atoms with E-state index in [2.05, 4.69) is 16.0 Å². The van der Waals surface area contributed by atoms with Crippen molar-refractivity contribution in [3.63, 3.8) is 0 Å². The van der Waals surface area contributed by atoms with Crippen LogP contribution in [-0.4, -0.2) is 25.7 Å². The second-order valence-electron chi connectivity index (χ2n) is 4.74. The van der Waals surface area contributed by atoms with Crippen molar-refractivity contribution in [2.24, 2.45) is 5.92 Å². The van der Waals surface area contributed by atoms with E-state index in [1.807, 2.05) is 6.07 Å². The molecule has 2 amide bonds. The number of carbonyl (C=O) groups excluding carboxylic acids is 1. The molecule has 1 atom stereocenters. The fourth-order valence-electron chi connectivity index (χ4n) is 2.18. The van der Waals surface area contributed by atoms with Gasteiger partial charge in [-0.1, -0.05) is 6.07 Å². The van der Waals surface area contributed by atoms with Gasteiger partial charge in [-0.2, -0.15) is 5.26 Å². The predicted molar refractivity (Wildman–Crippen MR) is 73.8 cm³/mol. The molecule has 100 valence electrons. The maximum absolute atomic E-state index is 11.7. The maximum Gasteiger partial charge on any atom is 0.319 e. The van der Waals surface area contributed by atoms with Crippen LogP contribution in [0.5, 0.6) is 0 Å². The molecule has 1 fully saturated rings. The zero-order valence-corrected chi connectivity index (χ0v) is 10.8. The van der Waals surface area contributed by atoms with Crippen molar-refractivity contribution in [3.8, 4) is 6.07 Å². The highest BCUT2D eigenvalue weighted by Crippen LogP contribution is 2.10. The van der Waals surface area contributed by atoms with E-state index in [-0.39, 0.29) is 6.03 Å². The topological polar surface area (TPSA) is 77.0 Å². The molecule has 1 aromatic rings. The van der Waals surface area contributed by atoms with Crippen molar-refractivity contribution < 1.29 is 4.79 Å². The summed E-state index contributed by atoms with van der Waals surface area (Å²) >= 11 is 0. The minimum atomic E-state index is -0.222. The third-order valence-corrected chi connectivity index (χ3v) is 3.20. The Kier molecular flexibility index (Phi) is 4.76. The summed E-state index contributed by atoms with van der Waals surface area (Å²) in [6, 6.07) is 8.70. The van der Waals surface area contributed by atoms with E-state index in [9.17, 15) is 4.79 Å². The van der Waals surface area contributed by atoms with Gasteiger partial charge < -0.3 is 16.0 Å². The van der Waals surface area contributed by atoms with Crippen LogP contribution in [0.2, 0.25) is 0 Å². The predicted octanol–water partition coefficient (Wildman–Crippen LogP) is 1.68. The lowest BCUT2D eigenvalue weighted by molar-refractivity contribution is 0.248. The minimum absolute atomic E-state index is 0.222. The second kappa shape index (κ2) is 6.76. The number of nitriles is 1. The summed E-state index contributed by atoms with van der Waals surface area (Å²) in [6.45, 7) is 2.71. The van der Waals surface area contributed by atoms with Crippen LogP contribution in [0.3, 0.4) is 0 Å². The fourth-order valence-corrected chi connectivity index (χ4v) is 2.18. The molecule has 5 nitrogen and oxygen atoms in total. The second-order valence-corrected chi connectivity index (χ2v) is 4.74. The largest absolute Gasteiger partial charge is 0.338 e. The normalized spacial score (nSPS) is 18.4. The Morgan fingerprint density at radius 3 is 3.16 bits per heavy atom. The van der Waals surface area contributed by atoms with Crippen molar-refractivity contribution in [2.75, 3.05) is 25.0 Å². The molecule has 1 aliphatic heterocycles. The smallest absolute Gasteiger partial charge is 0.319 e. The lowest BCUT2D eigenvalue weighted by Crippen LogP contribution is -2.39. The van der Waals surface area contributed by atoms with Crippen molar-refractivity contribution in [3.05, 3.63) is 29.8 Å². The van der Waals surface area contributed by atoms with Gasteiger partial charge in [-0.25, -0.2) is 4.79 Å². The van der Waals surface area contributed by atoms with E-state index in [0.717, 1.165) is 25.9 Å². The summed E-state index contributed by atoms with van der Waals surface area (Å²) in [7, 11) is 0. The average molecular weight is 258 g/mol. The van der Waals surface area contributed by atoms with Gasteiger partial charge in [0.1, 0.15) is 0 Å². The highest BCUT2D eigenvalue weighted by molar-refractivity contribution is 5.89. The Hall–Kier alpha value is -2.06. The zero-order valence-electron chi connectivity index (χ0n) is 10.8. The SMILES string of the molecule is N#Cc1cccc(NC(=O)NCC2CCCNC2)c1. The van der Waals surface area contributed by atoms with Crippen LogP contribution in [-0.2, 0) is 0 Å². The maximum atomic E-state index is 11.7. The van der Waals surface area contributed by atoms with Crippen molar-refractivity contribution in [2.45, 2.75) is 12.8 Å². The van der Waals surface area contributed by atoms with E-state index < -0.39 is 0 Å². The number of piperidine rings is 1. The molecule has 1 heterocycles.